The van der Waals surface area contributed by atoms with Crippen LogP contribution in [0.3, 0.4) is 0 Å². The second kappa shape index (κ2) is 8.31. The molecule has 7 heteroatoms. The Morgan fingerprint density at radius 2 is 1.78 bits per heavy atom. The molecule has 0 saturated carbocycles. The average Bonchev–Trinajstić information content (AvgIpc) is 2.64. The van der Waals surface area contributed by atoms with E-state index in [1.807, 2.05) is 17.0 Å². The molecule has 1 amide bonds. The first kappa shape index (κ1) is 19.7. The number of hydrogen-bond donors (Lipinski definition) is 0. The standard InChI is InChI=1S/C20H23ClN2O3S/c1-27(25,26)23(19-10-8-18(21)9-11-19)13-4-7-20(24)22-14-12-16-5-2-3-6-17(16)15-22/h2-3,5-6,8-11H,4,7,12-15H2,1H3. The summed E-state index contributed by atoms with van der Waals surface area (Å²) in [6, 6.07) is 14.8. The first-order valence-corrected chi connectivity index (χ1v) is 11.1. The van der Waals surface area contributed by atoms with E-state index in [9.17, 15) is 13.2 Å². The molecule has 0 atom stereocenters. The summed E-state index contributed by atoms with van der Waals surface area (Å²) in [7, 11) is -3.43. The predicted octanol–water partition coefficient (Wildman–Crippen LogP) is 3.47. The van der Waals surface area contributed by atoms with E-state index in [2.05, 4.69) is 12.1 Å². The van der Waals surface area contributed by atoms with Gasteiger partial charge in [0.15, 0.2) is 0 Å². The fourth-order valence-corrected chi connectivity index (χ4v) is 4.43. The Morgan fingerprint density at radius 1 is 1.11 bits per heavy atom. The lowest BCUT2D eigenvalue weighted by Gasteiger charge is -2.29. The SMILES string of the molecule is CS(=O)(=O)N(CCCC(=O)N1CCc2ccccc2C1)c1ccc(Cl)cc1. The van der Waals surface area contributed by atoms with Gasteiger partial charge in [0.2, 0.25) is 15.9 Å². The number of amides is 1. The van der Waals surface area contributed by atoms with E-state index in [1.165, 1.54) is 21.7 Å². The molecule has 0 unspecified atom stereocenters. The van der Waals surface area contributed by atoms with Crippen LogP contribution in [0.4, 0.5) is 5.69 Å². The lowest BCUT2D eigenvalue weighted by atomic mass is 9.99. The highest BCUT2D eigenvalue weighted by atomic mass is 35.5. The highest BCUT2D eigenvalue weighted by molar-refractivity contribution is 7.92. The highest BCUT2D eigenvalue weighted by Gasteiger charge is 2.22. The van der Waals surface area contributed by atoms with Crippen LogP contribution in [0.15, 0.2) is 48.5 Å². The van der Waals surface area contributed by atoms with Gasteiger partial charge >= 0.3 is 0 Å². The Balaban J connectivity index is 1.59. The summed E-state index contributed by atoms with van der Waals surface area (Å²) in [5, 5.41) is 0.549. The average molecular weight is 407 g/mol. The summed E-state index contributed by atoms with van der Waals surface area (Å²) in [5.74, 6) is 0.0639. The van der Waals surface area contributed by atoms with E-state index in [1.54, 1.807) is 24.3 Å². The van der Waals surface area contributed by atoms with Gasteiger partial charge in [0.1, 0.15) is 0 Å². The van der Waals surface area contributed by atoms with Crippen LogP contribution in [0.2, 0.25) is 5.02 Å². The van der Waals surface area contributed by atoms with Gasteiger partial charge in [-0.1, -0.05) is 35.9 Å². The normalized spacial score (nSPS) is 13.9. The van der Waals surface area contributed by atoms with Crippen LogP contribution in [0, 0.1) is 0 Å². The van der Waals surface area contributed by atoms with Gasteiger partial charge in [0.25, 0.3) is 0 Å². The molecule has 1 aliphatic rings. The quantitative estimate of drug-likeness (QED) is 0.738. The van der Waals surface area contributed by atoms with Crippen molar-refractivity contribution >= 4 is 33.2 Å². The smallest absolute Gasteiger partial charge is 0.232 e. The minimum absolute atomic E-state index is 0.0639. The molecular weight excluding hydrogens is 384 g/mol. The highest BCUT2D eigenvalue weighted by Crippen LogP contribution is 2.22. The molecule has 1 heterocycles. The maximum atomic E-state index is 12.6. The molecule has 1 aliphatic heterocycles. The van der Waals surface area contributed by atoms with Crippen LogP contribution in [0.1, 0.15) is 24.0 Å². The van der Waals surface area contributed by atoms with Gasteiger partial charge in [-0.3, -0.25) is 9.10 Å². The minimum Gasteiger partial charge on any atom is -0.338 e. The van der Waals surface area contributed by atoms with E-state index in [-0.39, 0.29) is 12.5 Å². The van der Waals surface area contributed by atoms with E-state index < -0.39 is 10.0 Å². The number of anilines is 1. The summed E-state index contributed by atoms with van der Waals surface area (Å²) < 4.78 is 25.6. The lowest BCUT2D eigenvalue weighted by molar-refractivity contribution is -0.132. The molecular formula is C20H23ClN2O3S. The number of benzene rings is 2. The number of rotatable bonds is 6. The molecule has 144 valence electrons. The molecule has 2 aromatic rings. The Kier molecular flexibility index (Phi) is 6.07. The zero-order valence-corrected chi connectivity index (χ0v) is 16.8. The van der Waals surface area contributed by atoms with Gasteiger partial charge in [-0.05, 0) is 48.2 Å². The monoisotopic (exact) mass is 406 g/mol. The van der Waals surface area contributed by atoms with Crippen molar-refractivity contribution in [3.05, 3.63) is 64.7 Å². The topological polar surface area (TPSA) is 57.7 Å². The van der Waals surface area contributed by atoms with Crippen molar-refractivity contribution < 1.29 is 13.2 Å². The zero-order chi connectivity index (χ0) is 19.4. The lowest BCUT2D eigenvalue weighted by Crippen LogP contribution is -2.37. The number of sulfonamides is 1. The first-order valence-electron chi connectivity index (χ1n) is 8.92. The number of carbonyl (C=O) groups excluding carboxylic acids is 1. The third-order valence-corrected chi connectivity index (χ3v) is 6.20. The second-order valence-corrected chi connectivity index (χ2v) is 9.09. The number of hydrogen-bond acceptors (Lipinski definition) is 3. The van der Waals surface area contributed by atoms with Crippen LogP contribution in [0.25, 0.3) is 0 Å². The van der Waals surface area contributed by atoms with Crippen molar-refractivity contribution in [3.63, 3.8) is 0 Å². The molecule has 0 saturated heterocycles. The molecule has 0 aliphatic carbocycles. The van der Waals surface area contributed by atoms with Crippen LogP contribution in [-0.2, 0) is 27.8 Å². The van der Waals surface area contributed by atoms with Crippen LogP contribution in [-0.4, -0.2) is 38.6 Å². The maximum Gasteiger partial charge on any atom is 0.232 e. The van der Waals surface area contributed by atoms with E-state index in [4.69, 9.17) is 11.6 Å². The molecule has 0 N–H and O–H groups in total. The van der Waals surface area contributed by atoms with E-state index in [0.717, 1.165) is 6.42 Å². The van der Waals surface area contributed by atoms with Gasteiger partial charge < -0.3 is 4.90 Å². The molecule has 0 aromatic heterocycles. The van der Waals surface area contributed by atoms with Gasteiger partial charge in [-0.15, -0.1) is 0 Å². The van der Waals surface area contributed by atoms with Crippen molar-refractivity contribution in [2.45, 2.75) is 25.8 Å². The second-order valence-electron chi connectivity index (χ2n) is 6.75. The molecule has 27 heavy (non-hydrogen) atoms. The van der Waals surface area contributed by atoms with E-state index >= 15 is 0 Å². The van der Waals surface area contributed by atoms with Crippen molar-refractivity contribution in [2.75, 3.05) is 23.7 Å². The van der Waals surface area contributed by atoms with Crippen LogP contribution < -0.4 is 4.31 Å². The molecule has 5 nitrogen and oxygen atoms in total. The van der Waals surface area contributed by atoms with Gasteiger partial charge in [-0.2, -0.15) is 0 Å². The Hall–Kier alpha value is -2.05. The molecule has 0 fully saturated rings. The summed E-state index contributed by atoms with van der Waals surface area (Å²) in [6.07, 6.45) is 2.82. The fraction of sp³-hybridized carbons (Fsp3) is 0.350. The van der Waals surface area contributed by atoms with Crippen molar-refractivity contribution in [1.29, 1.82) is 0 Å². The van der Waals surface area contributed by atoms with Crippen LogP contribution in [0.5, 0.6) is 0 Å². The third-order valence-electron chi connectivity index (χ3n) is 4.75. The Bertz CT molecular complexity index is 913. The summed E-state index contributed by atoms with van der Waals surface area (Å²) in [5.41, 5.74) is 3.05. The number of carbonyl (C=O) groups is 1. The fourth-order valence-electron chi connectivity index (χ4n) is 3.33. The predicted molar refractivity (Wildman–Crippen MR) is 108 cm³/mol. The number of halogens is 1. The molecule has 0 spiro atoms. The largest absolute Gasteiger partial charge is 0.338 e. The molecule has 0 bridgehead atoms. The Morgan fingerprint density at radius 3 is 2.44 bits per heavy atom. The summed E-state index contributed by atoms with van der Waals surface area (Å²) in [6.45, 7) is 1.60. The van der Waals surface area contributed by atoms with Crippen molar-refractivity contribution in [3.8, 4) is 0 Å². The van der Waals surface area contributed by atoms with E-state index in [0.29, 0.717) is 36.6 Å². The minimum atomic E-state index is -3.43. The third kappa shape index (κ3) is 5.02. The Labute approximate surface area is 165 Å². The molecule has 2 aromatic carbocycles. The van der Waals surface area contributed by atoms with Gasteiger partial charge in [0.05, 0.1) is 11.9 Å². The van der Waals surface area contributed by atoms with Crippen LogP contribution >= 0.6 is 11.6 Å². The summed E-state index contributed by atoms with van der Waals surface area (Å²) >= 11 is 5.88. The number of nitrogens with zero attached hydrogens (tertiary/aromatic N) is 2. The van der Waals surface area contributed by atoms with Crippen molar-refractivity contribution in [1.82, 2.24) is 4.90 Å². The molecule has 3 rings (SSSR count). The zero-order valence-electron chi connectivity index (χ0n) is 15.3. The van der Waals surface area contributed by atoms with Crippen molar-refractivity contribution in [2.24, 2.45) is 0 Å². The maximum absolute atomic E-state index is 12.6. The molecule has 0 radical (unpaired) electrons. The number of fused-ring (bicyclic) bond motifs is 1. The van der Waals surface area contributed by atoms with Gasteiger partial charge in [-0.25, -0.2) is 8.42 Å². The first-order chi connectivity index (χ1) is 12.8. The summed E-state index contributed by atoms with van der Waals surface area (Å²) in [4.78, 5) is 14.4. The van der Waals surface area contributed by atoms with Gasteiger partial charge in [0, 0.05) is 31.1 Å².